The molecule has 0 bridgehead atoms. The summed E-state index contributed by atoms with van der Waals surface area (Å²) in [7, 11) is 0. The lowest BCUT2D eigenvalue weighted by molar-refractivity contribution is 0.0654. The molecular formula is C14H17BrF2O. The monoisotopic (exact) mass is 318 g/mol. The molecule has 2 rings (SSSR count). The highest BCUT2D eigenvalue weighted by Crippen LogP contribution is 2.39. The second kappa shape index (κ2) is 5.66. The van der Waals surface area contributed by atoms with Gasteiger partial charge in [0, 0.05) is 4.47 Å². The van der Waals surface area contributed by atoms with Crippen LogP contribution < -0.4 is 0 Å². The maximum absolute atomic E-state index is 13.8. The van der Waals surface area contributed by atoms with Crippen molar-refractivity contribution < 1.29 is 13.9 Å². The molecule has 1 aliphatic rings. The van der Waals surface area contributed by atoms with Gasteiger partial charge in [-0.15, -0.1) is 0 Å². The molecule has 0 aromatic heterocycles. The van der Waals surface area contributed by atoms with E-state index in [0.717, 1.165) is 25.7 Å². The molecule has 1 nitrogen and oxygen atoms in total. The van der Waals surface area contributed by atoms with Crippen LogP contribution >= 0.6 is 15.9 Å². The molecule has 0 heterocycles. The number of halogens is 3. The minimum absolute atomic E-state index is 0.0427. The molecule has 4 heteroatoms. The van der Waals surface area contributed by atoms with Crippen molar-refractivity contribution in [2.75, 3.05) is 0 Å². The Morgan fingerprint density at radius 2 is 1.89 bits per heavy atom. The van der Waals surface area contributed by atoms with E-state index in [1.54, 1.807) is 0 Å². The molecule has 18 heavy (non-hydrogen) atoms. The summed E-state index contributed by atoms with van der Waals surface area (Å²) in [6.45, 7) is 2.12. The zero-order valence-electron chi connectivity index (χ0n) is 10.3. The Morgan fingerprint density at radius 3 is 2.44 bits per heavy atom. The van der Waals surface area contributed by atoms with Crippen LogP contribution in [0.4, 0.5) is 8.78 Å². The van der Waals surface area contributed by atoms with Crippen molar-refractivity contribution in [1.29, 1.82) is 0 Å². The number of hydrogen-bond donors (Lipinski definition) is 1. The van der Waals surface area contributed by atoms with Crippen molar-refractivity contribution in [2.24, 2.45) is 11.8 Å². The van der Waals surface area contributed by atoms with Crippen molar-refractivity contribution in [2.45, 2.75) is 38.7 Å². The number of rotatable bonds is 2. The van der Waals surface area contributed by atoms with Crippen LogP contribution in [-0.4, -0.2) is 5.11 Å². The topological polar surface area (TPSA) is 20.2 Å². The van der Waals surface area contributed by atoms with E-state index in [0.29, 0.717) is 10.4 Å². The maximum Gasteiger partial charge on any atom is 0.133 e. The molecule has 0 radical (unpaired) electrons. The van der Waals surface area contributed by atoms with Crippen molar-refractivity contribution >= 4 is 15.9 Å². The predicted octanol–water partition coefficient (Wildman–Crippen LogP) is 4.59. The summed E-state index contributed by atoms with van der Waals surface area (Å²) in [5.41, 5.74) is -0.183. The summed E-state index contributed by atoms with van der Waals surface area (Å²) < 4.78 is 27.9. The van der Waals surface area contributed by atoms with Gasteiger partial charge in [-0.3, -0.25) is 0 Å². The van der Waals surface area contributed by atoms with E-state index >= 15 is 0 Å². The Morgan fingerprint density at radius 1 is 1.28 bits per heavy atom. The molecule has 1 aliphatic carbocycles. The fraction of sp³-hybridized carbons (Fsp3) is 0.571. The van der Waals surface area contributed by atoms with E-state index in [1.165, 1.54) is 12.1 Å². The van der Waals surface area contributed by atoms with Gasteiger partial charge in [0.25, 0.3) is 0 Å². The molecule has 1 saturated carbocycles. The lowest BCUT2D eigenvalue weighted by Crippen LogP contribution is -2.21. The van der Waals surface area contributed by atoms with Gasteiger partial charge >= 0.3 is 0 Å². The fourth-order valence-electron chi connectivity index (χ4n) is 2.84. The standard InChI is InChI=1S/C14H17BrF2O/c1-8-3-2-4-9(5-8)14(18)13-11(16)6-10(15)7-12(13)17/h6-9,14,18H,2-5H2,1H3. The van der Waals surface area contributed by atoms with E-state index < -0.39 is 17.7 Å². The van der Waals surface area contributed by atoms with Gasteiger partial charge in [-0.05, 0) is 36.8 Å². The van der Waals surface area contributed by atoms with E-state index in [-0.39, 0.29) is 11.5 Å². The SMILES string of the molecule is CC1CCCC(C(O)c2c(F)cc(Br)cc2F)C1. The van der Waals surface area contributed by atoms with Crippen LogP contribution in [0, 0.1) is 23.5 Å². The van der Waals surface area contributed by atoms with Crippen LogP contribution in [0.2, 0.25) is 0 Å². The lowest BCUT2D eigenvalue weighted by Gasteiger charge is -2.30. The number of aliphatic hydroxyl groups excluding tert-OH is 1. The molecule has 0 saturated heterocycles. The summed E-state index contributed by atoms with van der Waals surface area (Å²) in [4.78, 5) is 0. The molecular weight excluding hydrogens is 302 g/mol. The lowest BCUT2D eigenvalue weighted by atomic mass is 9.78. The van der Waals surface area contributed by atoms with Gasteiger partial charge in [-0.2, -0.15) is 0 Å². The normalized spacial score (nSPS) is 26.1. The Kier molecular flexibility index (Phi) is 4.38. The van der Waals surface area contributed by atoms with Gasteiger partial charge in [0.05, 0.1) is 11.7 Å². The Balaban J connectivity index is 2.25. The smallest absolute Gasteiger partial charge is 0.133 e. The highest BCUT2D eigenvalue weighted by atomic mass is 79.9. The molecule has 3 atom stereocenters. The summed E-state index contributed by atoms with van der Waals surface area (Å²) in [5, 5.41) is 10.2. The molecule has 1 fully saturated rings. The van der Waals surface area contributed by atoms with Gasteiger partial charge in [-0.1, -0.05) is 35.7 Å². The molecule has 1 N–H and O–H groups in total. The van der Waals surface area contributed by atoms with Crippen LogP contribution in [0.3, 0.4) is 0 Å². The third-order valence-corrected chi connectivity index (χ3v) is 4.22. The van der Waals surface area contributed by atoms with E-state index in [9.17, 15) is 13.9 Å². The first-order valence-electron chi connectivity index (χ1n) is 6.31. The average Bonchev–Trinajstić information content (AvgIpc) is 2.27. The first kappa shape index (κ1) is 13.9. The van der Waals surface area contributed by atoms with Crippen LogP contribution in [0.1, 0.15) is 44.3 Å². The third kappa shape index (κ3) is 2.91. The maximum atomic E-state index is 13.8. The van der Waals surface area contributed by atoms with E-state index in [1.807, 2.05) is 0 Å². The summed E-state index contributed by atoms with van der Waals surface area (Å²) >= 11 is 3.04. The van der Waals surface area contributed by atoms with Crippen LogP contribution in [0.25, 0.3) is 0 Å². The highest BCUT2D eigenvalue weighted by molar-refractivity contribution is 9.10. The highest BCUT2D eigenvalue weighted by Gasteiger charge is 2.30. The number of aliphatic hydroxyl groups is 1. The predicted molar refractivity (Wildman–Crippen MR) is 70.1 cm³/mol. The zero-order chi connectivity index (χ0) is 13.3. The summed E-state index contributed by atoms with van der Waals surface area (Å²) in [6, 6.07) is 2.40. The van der Waals surface area contributed by atoms with Crippen LogP contribution in [-0.2, 0) is 0 Å². The van der Waals surface area contributed by atoms with Crippen LogP contribution in [0.15, 0.2) is 16.6 Å². The number of benzene rings is 1. The minimum Gasteiger partial charge on any atom is -0.388 e. The minimum atomic E-state index is -1.04. The molecule has 3 unspecified atom stereocenters. The largest absolute Gasteiger partial charge is 0.388 e. The quantitative estimate of drug-likeness (QED) is 0.845. The molecule has 0 amide bonds. The molecule has 1 aromatic rings. The van der Waals surface area contributed by atoms with Crippen molar-refractivity contribution in [1.82, 2.24) is 0 Å². The van der Waals surface area contributed by atoms with Gasteiger partial charge in [0.1, 0.15) is 11.6 Å². The average molecular weight is 319 g/mol. The second-order valence-corrected chi connectivity index (χ2v) is 6.18. The van der Waals surface area contributed by atoms with Gasteiger partial charge in [0.15, 0.2) is 0 Å². The summed E-state index contributed by atoms with van der Waals surface area (Å²) in [5.74, 6) is -0.876. The first-order valence-corrected chi connectivity index (χ1v) is 7.11. The first-order chi connectivity index (χ1) is 8.49. The molecule has 1 aromatic carbocycles. The Labute approximate surface area is 114 Å². The summed E-state index contributed by atoms with van der Waals surface area (Å²) in [6.07, 6.45) is 2.77. The third-order valence-electron chi connectivity index (χ3n) is 3.76. The van der Waals surface area contributed by atoms with Crippen molar-refractivity contribution in [3.63, 3.8) is 0 Å². The van der Waals surface area contributed by atoms with Crippen molar-refractivity contribution in [3.8, 4) is 0 Å². The van der Waals surface area contributed by atoms with Gasteiger partial charge in [-0.25, -0.2) is 8.78 Å². The molecule has 100 valence electrons. The molecule has 0 spiro atoms. The van der Waals surface area contributed by atoms with Crippen molar-refractivity contribution in [3.05, 3.63) is 33.8 Å². The van der Waals surface area contributed by atoms with E-state index in [4.69, 9.17) is 0 Å². The Bertz CT molecular complexity index is 413. The van der Waals surface area contributed by atoms with Gasteiger partial charge < -0.3 is 5.11 Å². The van der Waals surface area contributed by atoms with Crippen LogP contribution in [0.5, 0.6) is 0 Å². The molecule has 0 aliphatic heterocycles. The zero-order valence-corrected chi connectivity index (χ0v) is 11.9. The number of hydrogen-bond acceptors (Lipinski definition) is 1. The fourth-order valence-corrected chi connectivity index (χ4v) is 3.24. The van der Waals surface area contributed by atoms with Gasteiger partial charge in [0.2, 0.25) is 0 Å². The Hall–Kier alpha value is -0.480. The second-order valence-electron chi connectivity index (χ2n) is 5.26. The van der Waals surface area contributed by atoms with E-state index in [2.05, 4.69) is 22.9 Å².